The largest absolute Gasteiger partial charge is 0.312 e. The van der Waals surface area contributed by atoms with Crippen molar-refractivity contribution in [2.24, 2.45) is 0 Å². The Morgan fingerprint density at radius 1 is 1.22 bits per heavy atom. The molecule has 2 rings (SSSR count). The van der Waals surface area contributed by atoms with Crippen molar-refractivity contribution in [1.82, 2.24) is 0 Å². The molecule has 0 aliphatic carbocycles. The summed E-state index contributed by atoms with van der Waals surface area (Å²) >= 11 is 0. The third kappa shape index (κ3) is 2.20. The molecule has 96 valence electrons. The highest BCUT2D eigenvalue weighted by molar-refractivity contribution is 5.95. The summed E-state index contributed by atoms with van der Waals surface area (Å²) < 4.78 is 0. The topological polar surface area (TPSA) is 63.5 Å². The molecular formula is C13H16N2O3. The first kappa shape index (κ1) is 12.5. The molecule has 18 heavy (non-hydrogen) atoms. The van der Waals surface area contributed by atoms with Crippen LogP contribution in [0.4, 0.5) is 11.4 Å². The maximum Gasteiger partial charge on any atom is 0.272 e. The normalized spacial score (nSPS) is 15.9. The molecule has 0 atom stereocenters. The van der Waals surface area contributed by atoms with E-state index < -0.39 is 0 Å². The lowest BCUT2D eigenvalue weighted by molar-refractivity contribution is -0.385. The number of anilines is 1. The van der Waals surface area contributed by atoms with Crippen LogP contribution in [0, 0.1) is 24.0 Å². The van der Waals surface area contributed by atoms with Crippen LogP contribution in [-0.4, -0.2) is 17.4 Å². The molecule has 5 nitrogen and oxygen atoms in total. The number of nitro benzene ring substituents is 1. The van der Waals surface area contributed by atoms with Crippen molar-refractivity contribution in [3.8, 4) is 0 Å². The van der Waals surface area contributed by atoms with Crippen LogP contribution in [0.2, 0.25) is 0 Å². The molecule has 1 aliphatic heterocycles. The minimum Gasteiger partial charge on any atom is -0.312 e. The molecule has 1 heterocycles. The summed E-state index contributed by atoms with van der Waals surface area (Å²) in [5.74, 6) is 0.109. The van der Waals surface area contributed by atoms with Crippen molar-refractivity contribution >= 4 is 17.3 Å². The molecule has 1 aliphatic rings. The minimum atomic E-state index is -0.385. The van der Waals surface area contributed by atoms with E-state index in [0.29, 0.717) is 18.5 Å². The summed E-state index contributed by atoms with van der Waals surface area (Å²) in [7, 11) is 0. The van der Waals surface area contributed by atoms with Gasteiger partial charge in [0.15, 0.2) is 0 Å². The SMILES string of the molecule is Cc1cc([N+](=O)[O-])c(C)cc1N1CCCCC1=O. The Labute approximate surface area is 106 Å². The number of carbonyl (C=O) groups excluding carboxylic acids is 1. The van der Waals surface area contributed by atoms with Crippen LogP contribution in [0.25, 0.3) is 0 Å². The van der Waals surface area contributed by atoms with E-state index in [0.717, 1.165) is 24.1 Å². The third-order valence-electron chi connectivity index (χ3n) is 3.33. The molecule has 1 fully saturated rings. The van der Waals surface area contributed by atoms with Gasteiger partial charge in [0.1, 0.15) is 0 Å². The fourth-order valence-corrected chi connectivity index (χ4v) is 2.33. The predicted molar refractivity (Wildman–Crippen MR) is 68.8 cm³/mol. The molecule has 0 saturated carbocycles. The molecule has 0 unspecified atom stereocenters. The zero-order valence-electron chi connectivity index (χ0n) is 10.6. The van der Waals surface area contributed by atoms with Gasteiger partial charge in [-0.3, -0.25) is 14.9 Å². The summed E-state index contributed by atoms with van der Waals surface area (Å²) in [6.45, 7) is 4.22. The summed E-state index contributed by atoms with van der Waals surface area (Å²) in [6, 6.07) is 3.29. The van der Waals surface area contributed by atoms with Gasteiger partial charge in [-0.2, -0.15) is 0 Å². The zero-order valence-corrected chi connectivity index (χ0v) is 10.6. The predicted octanol–water partition coefficient (Wildman–Crippen LogP) is 2.73. The maximum absolute atomic E-state index is 11.9. The number of nitro groups is 1. The van der Waals surface area contributed by atoms with Crippen molar-refractivity contribution < 1.29 is 9.72 Å². The first-order chi connectivity index (χ1) is 8.50. The lowest BCUT2D eigenvalue weighted by atomic mass is 10.0. The van der Waals surface area contributed by atoms with E-state index in [-0.39, 0.29) is 16.5 Å². The number of piperidine rings is 1. The van der Waals surface area contributed by atoms with Gasteiger partial charge in [-0.25, -0.2) is 0 Å². The molecule has 1 aromatic carbocycles. The fourth-order valence-electron chi connectivity index (χ4n) is 2.33. The molecule has 1 saturated heterocycles. The van der Waals surface area contributed by atoms with Crippen molar-refractivity contribution in [2.45, 2.75) is 33.1 Å². The quantitative estimate of drug-likeness (QED) is 0.597. The molecule has 0 radical (unpaired) electrons. The van der Waals surface area contributed by atoms with Crippen LogP contribution in [0.5, 0.6) is 0 Å². The number of carbonyl (C=O) groups is 1. The number of rotatable bonds is 2. The molecule has 1 aromatic rings. The maximum atomic E-state index is 11.9. The molecule has 0 spiro atoms. The van der Waals surface area contributed by atoms with E-state index in [2.05, 4.69) is 0 Å². The lowest BCUT2D eigenvalue weighted by Crippen LogP contribution is -2.35. The summed E-state index contributed by atoms with van der Waals surface area (Å²) in [5, 5.41) is 10.9. The Morgan fingerprint density at radius 3 is 2.56 bits per heavy atom. The standard InChI is InChI=1S/C13H16N2O3/c1-9-8-12(15(17)18)10(2)7-11(9)14-6-4-3-5-13(14)16/h7-8H,3-6H2,1-2H3. The van der Waals surface area contributed by atoms with Crippen LogP contribution in [-0.2, 0) is 4.79 Å². The van der Waals surface area contributed by atoms with E-state index in [1.54, 1.807) is 24.0 Å². The van der Waals surface area contributed by atoms with Gasteiger partial charge in [0.2, 0.25) is 5.91 Å². The van der Waals surface area contributed by atoms with E-state index in [4.69, 9.17) is 0 Å². The van der Waals surface area contributed by atoms with Crippen LogP contribution in [0.1, 0.15) is 30.4 Å². The number of amides is 1. The highest BCUT2D eigenvalue weighted by atomic mass is 16.6. The minimum absolute atomic E-state index is 0.109. The highest BCUT2D eigenvalue weighted by Gasteiger charge is 2.23. The van der Waals surface area contributed by atoms with E-state index >= 15 is 0 Å². The molecule has 1 amide bonds. The number of benzene rings is 1. The number of nitrogens with zero attached hydrogens (tertiary/aromatic N) is 2. The zero-order chi connectivity index (χ0) is 13.3. The smallest absolute Gasteiger partial charge is 0.272 e. The summed E-state index contributed by atoms with van der Waals surface area (Å²) in [4.78, 5) is 24.1. The Balaban J connectivity index is 2.42. The van der Waals surface area contributed by atoms with Crippen molar-refractivity contribution in [1.29, 1.82) is 0 Å². The third-order valence-corrected chi connectivity index (χ3v) is 3.33. The molecule has 0 aromatic heterocycles. The lowest BCUT2D eigenvalue weighted by Gasteiger charge is -2.28. The van der Waals surface area contributed by atoms with E-state index in [1.807, 2.05) is 6.92 Å². The second-order valence-corrected chi connectivity index (χ2v) is 4.68. The average molecular weight is 248 g/mol. The van der Waals surface area contributed by atoms with Crippen LogP contribution in [0.15, 0.2) is 12.1 Å². The first-order valence-corrected chi connectivity index (χ1v) is 6.06. The van der Waals surface area contributed by atoms with Gasteiger partial charge in [-0.1, -0.05) is 0 Å². The van der Waals surface area contributed by atoms with Crippen LogP contribution in [0.3, 0.4) is 0 Å². The van der Waals surface area contributed by atoms with Gasteiger partial charge in [0, 0.05) is 30.3 Å². The number of aryl methyl sites for hydroxylation is 2. The van der Waals surface area contributed by atoms with Crippen LogP contribution >= 0.6 is 0 Å². The van der Waals surface area contributed by atoms with Gasteiger partial charge in [-0.15, -0.1) is 0 Å². The summed E-state index contributed by atoms with van der Waals surface area (Å²) in [6.07, 6.45) is 2.48. The Morgan fingerprint density at radius 2 is 1.94 bits per heavy atom. The molecule has 5 heteroatoms. The number of hydrogen-bond acceptors (Lipinski definition) is 3. The Kier molecular flexibility index (Phi) is 3.32. The van der Waals surface area contributed by atoms with Gasteiger partial charge in [0.05, 0.1) is 4.92 Å². The molecule has 0 bridgehead atoms. The first-order valence-electron chi connectivity index (χ1n) is 6.06. The Bertz CT molecular complexity index is 511. The van der Waals surface area contributed by atoms with Gasteiger partial charge >= 0.3 is 0 Å². The van der Waals surface area contributed by atoms with Gasteiger partial charge in [0.25, 0.3) is 5.69 Å². The van der Waals surface area contributed by atoms with Crippen molar-refractivity contribution in [3.05, 3.63) is 33.4 Å². The average Bonchev–Trinajstić information content (AvgIpc) is 2.32. The molecule has 0 N–H and O–H groups in total. The van der Waals surface area contributed by atoms with Crippen molar-refractivity contribution in [3.63, 3.8) is 0 Å². The van der Waals surface area contributed by atoms with Gasteiger partial charge in [-0.05, 0) is 38.3 Å². The van der Waals surface area contributed by atoms with Crippen LogP contribution < -0.4 is 4.90 Å². The Hall–Kier alpha value is -1.91. The van der Waals surface area contributed by atoms with E-state index in [9.17, 15) is 14.9 Å². The molecular weight excluding hydrogens is 232 g/mol. The van der Waals surface area contributed by atoms with Gasteiger partial charge < -0.3 is 4.90 Å². The second kappa shape index (κ2) is 4.76. The second-order valence-electron chi connectivity index (χ2n) is 4.68. The fraction of sp³-hybridized carbons (Fsp3) is 0.462. The van der Waals surface area contributed by atoms with Crippen molar-refractivity contribution in [2.75, 3.05) is 11.4 Å². The van der Waals surface area contributed by atoms with E-state index in [1.165, 1.54) is 0 Å². The monoisotopic (exact) mass is 248 g/mol. The summed E-state index contributed by atoms with van der Waals surface area (Å²) in [5.41, 5.74) is 2.30. The highest BCUT2D eigenvalue weighted by Crippen LogP contribution is 2.30. The number of hydrogen-bond donors (Lipinski definition) is 0.